The lowest BCUT2D eigenvalue weighted by Gasteiger charge is -2.28. The number of nitrogens with one attached hydrogen (secondary N) is 2. The van der Waals surface area contributed by atoms with Gasteiger partial charge in [0.05, 0.1) is 12.5 Å². The molecule has 2 saturated carbocycles. The van der Waals surface area contributed by atoms with Crippen molar-refractivity contribution in [3.8, 4) is 0 Å². The van der Waals surface area contributed by atoms with Crippen molar-refractivity contribution in [2.45, 2.75) is 44.6 Å². The molecule has 2 aliphatic carbocycles. The van der Waals surface area contributed by atoms with Crippen molar-refractivity contribution in [1.82, 2.24) is 10.6 Å². The first-order valence-electron chi connectivity index (χ1n) is 6.89. The first kappa shape index (κ1) is 13.3. The van der Waals surface area contributed by atoms with Crippen molar-refractivity contribution in [2.75, 3.05) is 13.1 Å². The summed E-state index contributed by atoms with van der Waals surface area (Å²) < 4.78 is 0. The number of hydrogen-bond acceptors (Lipinski definition) is 3. The molecule has 0 spiro atoms. The largest absolute Gasteiger partial charge is 0.481 e. The highest BCUT2D eigenvalue weighted by Crippen LogP contribution is 2.29. The van der Waals surface area contributed by atoms with E-state index >= 15 is 0 Å². The van der Waals surface area contributed by atoms with Crippen LogP contribution in [-0.2, 0) is 9.59 Å². The second-order valence-electron chi connectivity index (χ2n) is 5.45. The van der Waals surface area contributed by atoms with E-state index in [2.05, 4.69) is 10.6 Å². The highest BCUT2D eigenvalue weighted by molar-refractivity contribution is 5.78. The van der Waals surface area contributed by atoms with Gasteiger partial charge in [0, 0.05) is 12.6 Å². The first-order chi connectivity index (χ1) is 8.66. The van der Waals surface area contributed by atoms with Crippen molar-refractivity contribution >= 4 is 11.9 Å². The number of carbonyl (C=O) groups excluding carboxylic acids is 1. The van der Waals surface area contributed by atoms with Crippen LogP contribution in [0.4, 0.5) is 0 Å². The van der Waals surface area contributed by atoms with Gasteiger partial charge in [-0.2, -0.15) is 0 Å². The maximum Gasteiger partial charge on any atom is 0.306 e. The Morgan fingerprint density at radius 2 is 1.83 bits per heavy atom. The van der Waals surface area contributed by atoms with Gasteiger partial charge in [-0.1, -0.05) is 12.8 Å². The van der Waals surface area contributed by atoms with Crippen molar-refractivity contribution in [2.24, 2.45) is 11.8 Å². The summed E-state index contributed by atoms with van der Waals surface area (Å²) in [7, 11) is 0. The summed E-state index contributed by atoms with van der Waals surface area (Å²) in [6.07, 6.45) is 6.05. The molecule has 18 heavy (non-hydrogen) atoms. The predicted octanol–water partition coefficient (Wildman–Crippen LogP) is 0.746. The highest BCUT2D eigenvalue weighted by atomic mass is 16.4. The third kappa shape index (κ3) is 3.98. The molecule has 1 amide bonds. The zero-order chi connectivity index (χ0) is 13.0. The molecule has 2 atom stereocenters. The summed E-state index contributed by atoms with van der Waals surface area (Å²) >= 11 is 0. The molecule has 3 N–H and O–H groups in total. The summed E-state index contributed by atoms with van der Waals surface area (Å²) in [6, 6.07) is 0.525. The fourth-order valence-electron chi connectivity index (χ4n) is 2.61. The number of amides is 1. The second kappa shape index (κ2) is 6.18. The van der Waals surface area contributed by atoms with Crippen LogP contribution in [0.15, 0.2) is 0 Å². The first-order valence-corrected chi connectivity index (χ1v) is 6.89. The normalized spacial score (nSPS) is 27.8. The van der Waals surface area contributed by atoms with Gasteiger partial charge in [0.25, 0.3) is 0 Å². The number of hydrogen-bond donors (Lipinski definition) is 3. The molecule has 2 aliphatic rings. The minimum atomic E-state index is -0.718. The second-order valence-corrected chi connectivity index (χ2v) is 5.45. The molecule has 102 valence electrons. The van der Waals surface area contributed by atoms with Gasteiger partial charge in [0.1, 0.15) is 0 Å². The smallest absolute Gasteiger partial charge is 0.306 e. The molecule has 0 bridgehead atoms. The summed E-state index contributed by atoms with van der Waals surface area (Å²) in [5, 5.41) is 15.1. The van der Waals surface area contributed by atoms with E-state index in [0.29, 0.717) is 19.1 Å². The zero-order valence-electron chi connectivity index (χ0n) is 10.7. The molecule has 0 heterocycles. The van der Waals surface area contributed by atoms with Crippen LogP contribution in [0.3, 0.4) is 0 Å². The van der Waals surface area contributed by atoms with Crippen LogP contribution in [0.2, 0.25) is 0 Å². The number of carboxylic acids is 1. The minimum Gasteiger partial charge on any atom is -0.481 e. The van der Waals surface area contributed by atoms with Gasteiger partial charge in [-0.05, 0) is 31.6 Å². The monoisotopic (exact) mass is 254 g/mol. The molecule has 2 unspecified atom stereocenters. The maximum absolute atomic E-state index is 11.6. The van der Waals surface area contributed by atoms with Gasteiger partial charge in [-0.25, -0.2) is 0 Å². The van der Waals surface area contributed by atoms with E-state index in [9.17, 15) is 9.59 Å². The van der Waals surface area contributed by atoms with Crippen molar-refractivity contribution in [3.63, 3.8) is 0 Å². The molecule has 0 aromatic rings. The molecule has 0 saturated heterocycles. The molecular weight excluding hydrogens is 232 g/mol. The average Bonchev–Trinajstić information content (AvgIpc) is 3.18. The van der Waals surface area contributed by atoms with E-state index in [4.69, 9.17) is 5.11 Å². The predicted molar refractivity (Wildman–Crippen MR) is 67.1 cm³/mol. The lowest BCUT2D eigenvalue weighted by atomic mass is 9.79. The topological polar surface area (TPSA) is 78.4 Å². The van der Waals surface area contributed by atoms with Crippen molar-refractivity contribution in [3.05, 3.63) is 0 Å². The van der Waals surface area contributed by atoms with E-state index in [0.717, 1.165) is 38.5 Å². The molecule has 5 nitrogen and oxygen atoms in total. The summed E-state index contributed by atoms with van der Waals surface area (Å²) in [6.45, 7) is 0.858. The van der Waals surface area contributed by atoms with Crippen LogP contribution in [0, 0.1) is 11.8 Å². The maximum atomic E-state index is 11.6. The van der Waals surface area contributed by atoms with Crippen LogP contribution in [0.1, 0.15) is 38.5 Å². The Labute approximate surface area is 107 Å². The van der Waals surface area contributed by atoms with Crippen LogP contribution in [0.25, 0.3) is 0 Å². The van der Waals surface area contributed by atoms with Gasteiger partial charge in [0.15, 0.2) is 0 Å². The fraction of sp³-hybridized carbons (Fsp3) is 0.846. The van der Waals surface area contributed by atoms with E-state index in [-0.39, 0.29) is 17.7 Å². The van der Waals surface area contributed by atoms with E-state index in [1.54, 1.807) is 0 Å². The summed E-state index contributed by atoms with van der Waals surface area (Å²) in [4.78, 5) is 22.7. The van der Waals surface area contributed by atoms with Gasteiger partial charge in [-0.3, -0.25) is 9.59 Å². The third-order valence-electron chi connectivity index (χ3n) is 3.92. The number of rotatable bonds is 6. The van der Waals surface area contributed by atoms with E-state index < -0.39 is 5.97 Å². The van der Waals surface area contributed by atoms with Crippen LogP contribution in [-0.4, -0.2) is 36.1 Å². The van der Waals surface area contributed by atoms with Crippen LogP contribution >= 0.6 is 0 Å². The molecule has 2 rings (SSSR count). The molecule has 2 fully saturated rings. The lowest BCUT2D eigenvalue weighted by Crippen LogP contribution is -2.40. The molecule has 5 heteroatoms. The molecular formula is C13H22N2O3. The van der Waals surface area contributed by atoms with Crippen LogP contribution < -0.4 is 10.6 Å². The van der Waals surface area contributed by atoms with Crippen LogP contribution in [0.5, 0.6) is 0 Å². The van der Waals surface area contributed by atoms with Gasteiger partial charge < -0.3 is 15.7 Å². The minimum absolute atomic E-state index is 0.0170. The van der Waals surface area contributed by atoms with E-state index in [1.807, 2.05) is 0 Å². The fourth-order valence-corrected chi connectivity index (χ4v) is 2.61. The van der Waals surface area contributed by atoms with Crippen molar-refractivity contribution < 1.29 is 14.7 Å². The molecule has 0 aromatic carbocycles. The van der Waals surface area contributed by atoms with Gasteiger partial charge >= 0.3 is 5.97 Å². The Kier molecular flexibility index (Phi) is 4.58. The third-order valence-corrected chi connectivity index (χ3v) is 3.92. The Morgan fingerprint density at radius 3 is 2.50 bits per heavy atom. The molecule has 0 aromatic heterocycles. The van der Waals surface area contributed by atoms with Crippen molar-refractivity contribution in [1.29, 1.82) is 0 Å². The zero-order valence-corrected chi connectivity index (χ0v) is 10.7. The Bertz CT molecular complexity index is 315. The Hall–Kier alpha value is -1.10. The quantitative estimate of drug-likeness (QED) is 0.653. The van der Waals surface area contributed by atoms with Gasteiger partial charge in [0.2, 0.25) is 5.91 Å². The lowest BCUT2D eigenvalue weighted by molar-refractivity contribution is -0.145. The summed E-state index contributed by atoms with van der Waals surface area (Å²) in [5.74, 6) is -0.918. The number of aliphatic carboxylic acids is 1. The average molecular weight is 254 g/mol. The highest BCUT2D eigenvalue weighted by Gasteiger charge is 2.30. The Balaban J connectivity index is 1.69. The number of carboxylic acid groups (broad SMARTS) is 1. The number of carbonyl (C=O) groups is 2. The Morgan fingerprint density at radius 1 is 1.11 bits per heavy atom. The van der Waals surface area contributed by atoms with E-state index in [1.165, 1.54) is 0 Å². The molecule has 0 radical (unpaired) electrons. The SMILES string of the molecule is O=C(CNC1CC1)NCC1CCCCC1C(=O)O. The standard InChI is InChI=1S/C13H22N2O3/c16-12(8-14-10-5-6-10)15-7-9-3-1-2-4-11(9)13(17)18/h9-11,14H,1-8H2,(H,15,16)(H,17,18). The molecule has 0 aliphatic heterocycles. The van der Waals surface area contributed by atoms with Gasteiger partial charge in [-0.15, -0.1) is 0 Å². The summed E-state index contributed by atoms with van der Waals surface area (Å²) in [5.41, 5.74) is 0.